The first kappa shape index (κ1) is 16.8. The Morgan fingerprint density at radius 3 is 2.12 bits per heavy atom. The van der Waals surface area contributed by atoms with Gasteiger partial charge >= 0.3 is 0 Å². The minimum atomic E-state index is -0.0737. The van der Waals surface area contributed by atoms with Gasteiger partial charge in [0, 0.05) is 6.54 Å². The molecule has 1 saturated carbocycles. The minimum Gasteiger partial charge on any atom is -0.336 e. The summed E-state index contributed by atoms with van der Waals surface area (Å²) < 4.78 is 0. The van der Waals surface area contributed by atoms with E-state index in [1.807, 2.05) is 0 Å². The molecule has 2 heteroatoms. The van der Waals surface area contributed by atoms with Gasteiger partial charge in [-0.1, -0.05) is 73.5 Å². The number of nitrogens with zero attached hydrogens (tertiary/aromatic N) is 1. The van der Waals surface area contributed by atoms with E-state index in [2.05, 4.69) is 65.6 Å². The Hall–Kier alpha value is -2.09. The molecule has 0 heterocycles. The molecule has 0 spiro atoms. The van der Waals surface area contributed by atoms with Crippen molar-refractivity contribution in [3.05, 3.63) is 71.8 Å². The SMILES string of the molecule is O=CN(CCCCc1ccccc1)C1(c2ccccc2)CCCC1. The molecular weight excluding hydrogens is 294 g/mol. The first-order valence-electron chi connectivity index (χ1n) is 9.17. The molecule has 0 saturated heterocycles. The van der Waals surface area contributed by atoms with E-state index >= 15 is 0 Å². The van der Waals surface area contributed by atoms with Crippen LogP contribution in [-0.4, -0.2) is 17.9 Å². The van der Waals surface area contributed by atoms with Crippen molar-refractivity contribution in [2.75, 3.05) is 6.54 Å². The average molecular weight is 321 g/mol. The molecule has 2 nitrogen and oxygen atoms in total. The van der Waals surface area contributed by atoms with Crippen LogP contribution in [0.3, 0.4) is 0 Å². The molecule has 3 rings (SSSR count). The summed E-state index contributed by atoms with van der Waals surface area (Å²) in [5.74, 6) is 0. The summed E-state index contributed by atoms with van der Waals surface area (Å²) in [5, 5.41) is 0. The van der Waals surface area contributed by atoms with E-state index in [-0.39, 0.29) is 5.54 Å². The molecular formula is C22H27NO. The molecule has 1 fully saturated rings. The normalized spacial score (nSPS) is 16.0. The lowest BCUT2D eigenvalue weighted by atomic mass is 9.86. The predicted molar refractivity (Wildman–Crippen MR) is 98.7 cm³/mol. The number of benzene rings is 2. The van der Waals surface area contributed by atoms with Gasteiger partial charge in [0.1, 0.15) is 0 Å². The zero-order chi connectivity index (χ0) is 16.7. The van der Waals surface area contributed by atoms with E-state index in [0.717, 1.165) is 45.1 Å². The van der Waals surface area contributed by atoms with Crippen LogP contribution in [0.2, 0.25) is 0 Å². The van der Waals surface area contributed by atoms with Gasteiger partial charge < -0.3 is 4.90 Å². The molecule has 1 aliphatic rings. The van der Waals surface area contributed by atoms with Crippen molar-refractivity contribution in [1.82, 2.24) is 4.90 Å². The number of carbonyl (C=O) groups excluding carboxylic acids is 1. The number of carbonyl (C=O) groups is 1. The number of unbranched alkanes of at least 4 members (excludes halogenated alkanes) is 1. The summed E-state index contributed by atoms with van der Waals surface area (Å²) in [4.78, 5) is 13.9. The van der Waals surface area contributed by atoms with Crippen LogP contribution in [0, 0.1) is 0 Å². The van der Waals surface area contributed by atoms with Gasteiger partial charge in [0.25, 0.3) is 0 Å². The third-order valence-corrected chi connectivity index (χ3v) is 5.38. The van der Waals surface area contributed by atoms with Crippen molar-refractivity contribution in [1.29, 1.82) is 0 Å². The van der Waals surface area contributed by atoms with Crippen molar-refractivity contribution in [2.24, 2.45) is 0 Å². The quantitative estimate of drug-likeness (QED) is 0.498. The third-order valence-electron chi connectivity index (χ3n) is 5.38. The van der Waals surface area contributed by atoms with Crippen LogP contribution in [-0.2, 0) is 16.8 Å². The van der Waals surface area contributed by atoms with Gasteiger partial charge in [-0.2, -0.15) is 0 Å². The molecule has 0 bridgehead atoms. The fourth-order valence-corrected chi connectivity index (χ4v) is 4.07. The molecule has 0 N–H and O–H groups in total. The average Bonchev–Trinajstić information content (AvgIpc) is 3.14. The van der Waals surface area contributed by atoms with E-state index in [0.29, 0.717) is 0 Å². The van der Waals surface area contributed by atoms with Crippen LogP contribution < -0.4 is 0 Å². The van der Waals surface area contributed by atoms with E-state index in [1.165, 1.54) is 24.0 Å². The molecule has 2 aromatic carbocycles. The fourth-order valence-electron chi connectivity index (χ4n) is 4.07. The zero-order valence-electron chi connectivity index (χ0n) is 14.4. The monoisotopic (exact) mass is 321 g/mol. The van der Waals surface area contributed by atoms with Gasteiger partial charge in [-0.05, 0) is 43.2 Å². The van der Waals surface area contributed by atoms with Crippen LogP contribution in [0.4, 0.5) is 0 Å². The molecule has 2 aromatic rings. The van der Waals surface area contributed by atoms with Crippen LogP contribution in [0.25, 0.3) is 0 Å². The topological polar surface area (TPSA) is 20.3 Å². The summed E-state index contributed by atoms with van der Waals surface area (Å²) in [7, 11) is 0. The zero-order valence-corrected chi connectivity index (χ0v) is 14.4. The molecule has 0 aliphatic heterocycles. The molecule has 0 atom stereocenters. The molecule has 0 radical (unpaired) electrons. The van der Waals surface area contributed by atoms with E-state index in [1.54, 1.807) is 0 Å². The predicted octanol–water partition coefficient (Wildman–Crippen LogP) is 4.94. The maximum Gasteiger partial charge on any atom is 0.210 e. The Morgan fingerprint density at radius 2 is 1.50 bits per heavy atom. The van der Waals surface area contributed by atoms with Crippen molar-refractivity contribution in [3.63, 3.8) is 0 Å². The summed E-state index contributed by atoms with van der Waals surface area (Å²) in [6.45, 7) is 0.852. The fraction of sp³-hybridized carbons (Fsp3) is 0.409. The molecule has 0 unspecified atom stereocenters. The summed E-state index contributed by atoms with van der Waals surface area (Å²) in [5.41, 5.74) is 2.61. The smallest absolute Gasteiger partial charge is 0.210 e. The lowest BCUT2D eigenvalue weighted by Gasteiger charge is -2.39. The highest BCUT2D eigenvalue weighted by Crippen LogP contribution is 2.43. The lowest BCUT2D eigenvalue weighted by Crippen LogP contribution is -2.44. The van der Waals surface area contributed by atoms with Gasteiger partial charge in [-0.15, -0.1) is 0 Å². The number of rotatable bonds is 8. The third kappa shape index (κ3) is 3.69. The molecule has 1 amide bonds. The Bertz CT molecular complexity index is 617. The second kappa shape index (κ2) is 8.14. The van der Waals surface area contributed by atoms with Crippen LogP contribution in [0.5, 0.6) is 0 Å². The maximum atomic E-state index is 11.9. The highest BCUT2D eigenvalue weighted by Gasteiger charge is 2.40. The second-order valence-corrected chi connectivity index (χ2v) is 6.85. The van der Waals surface area contributed by atoms with Crippen molar-refractivity contribution in [2.45, 2.75) is 50.5 Å². The number of hydrogen-bond donors (Lipinski definition) is 0. The summed E-state index contributed by atoms with van der Waals surface area (Å²) >= 11 is 0. The standard InChI is InChI=1S/C22H27NO/c24-19-23(18-10-7-13-20-11-3-1-4-12-20)22(16-8-9-17-22)21-14-5-2-6-15-21/h1-6,11-12,14-15,19H,7-10,13,16-18H2. The van der Waals surface area contributed by atoms with E-state index < -0.39 is 0 Å². The molecule has 1 aliphatic carbocycles. The molecule has 0 aromatic heterocycles. The van der Waals surface area contributed by atoms with E-state index in [9.17, 15) is 4.79 Å². The summed E-state index contributed by atoms with van der Waals surface area (Å²) in [6, 6.07) is 21.2. The number of aryl methyl sites for hydroxylation is 1. The lowest BCUT2D eigenvalue weighted by molar-refractivity contribution is -0.124. The van der Waals surface area contributed by atoms with Gasteiger partial charge in [-0.25, -0.2) is 0 Å². The molecule has 24 heavy (non-hydrogen) atoms. The van der Waals surface area contributed by atoms with Crippen LogP contribution in [0.15, 0.2) is 60.7 Å². The van der Waals surface area contributed by atoms with Crippen molar-refractivity contribution in [3.8, 4) is 0 Å². The first-order valence-corrected chi connectivity index (χ1v) is 9.17. The van der Waals surface area contributed by atoms with Crippen molar-refractivity contribution >= 4 is 6.41 Å². The van der Waals surface area contributed by atoms with Gasteiger partial charge in [-0.3, -0.25) is 4.79 Å². The highest BCUT2D eigenvalue weighted by atomic mass is 16.1. The van der Waals surface area contributed by atoms with Gasteiger partial charge in [0.15, 0.2) is 0 Å². The Morgan fingerprint density at radius 1 is 0.875 bits per heavy atom. The largest absolute Gasteiger partial charge is 0.336 e. The Kier molecular flexibility index (Phi) is 5.68. The van der Waals surface area contributed by atoms with Crippen molar-refractivity contribution < 1.29 is 4.79 Å². The number of hydrogen-bond acceptors (Lipinski definition) is 1. The van der Waals surface area contributed by atoms with Gasteiger partial charge in [0.2, 0.25) is 6.41 Å². The van der Waals surface area contributed by atoms with Crippen LogP contribution in [0.1, 0.15) is 49.7 Å². The second-order valence-electron chi connectivity index (χ2n) is 6.85. The highest BCUT2D eigenvalue weighted by molar-refractivity contribution is 5.51. The van der Waals surface area contributed by atoms with Gasteiger partial charge in [0.05, 0.1) is 5.54 Å². The first-order chi connectivity index (χ1) is 11.8. The van der Waals surface area contributed by atoms with Crippen LogP contribution >= 0.6 is 0 Å². The summed E-state index contributed by atoms with van der Waals surface area (Å²) in [6.07, 6.45) is 8.96. The maximum absolute atomic E-state index is 11.9. The minimum absolute atomic E-state index is 0.0737. The Labute approximate surface area is 145 Å². The Balaban J connectivity index is 1.62. The molecule has 126 valence electrons. The van der Waals surface area contributed by atoms with E-state index in [4.69, 9.17) is 0 Å². The number of amides is 1.